The molecule has 0 spiro atoms. The molecule has 0 heterocycles. The third-order valence-corrected chi connectivity index (χ3v) is 4.89. The summed E-state index contributed by atoms with van der Waals surface area (Å²) >= 11 is 0. The number of aryl methyl sites for hydroxylation is 1. The molecule has 0 aliphatic rings. The zero-order valence-electron chi connectivity index (χ0n) is 12.7. The van der Waals surface area contributed by atoms with Gasteiger partial charge >= 0.3 is 0 Å². The molecule has 0 aromatic heterocycles. The summed E-state index contributed by atoms with van der Waals surface area (Å²) in [6.45, 7) is 11.4. The zero-order valence-corrected chi connectivity index (χ0v) is 13.5. The Balaban J connectivity index is 3.09. The second-order valence-electron chi connectivity index (χ2n) is 5.09. The topological polar surface area (TPSA) is 49.4 Å². The predicted molar refractivity (Wildman–Crippen MR) is 83.2 cm³/mol. The lowest BCUT2D eigenvalue weighted by atomic mass is 10.1. The molecule has 0 aliphatic carbocycles. The standard InChI is InChI=1S/C15H24N2O2S/c1-6-16-10-14-9-15(8-7-13(14)4)20(18,19)17(5)11-12(2)3/h7-9,16H,2,6,10-11H2,1,3-5H3. The lowest BCUT2D eigenvalue weighted by Gasteiger charge is -2.18. The number of rotatable bonds is 7. The average Bonchev–Trinajstić information content (AvgIpc) is 2.36. The lowest BCUT2D eigenvalue weighted by molar-refractivity contribution is 0.493. The third-order valence-electron chi connectivity index (χ3n) is 3.09. The van der Waals surface area contributed by atoms with Gasteiger partial charge in [-0.25, -0.2) is 8.42 Å². The molecular formula is C15H24N2O2S. The van der Waals surface area contributed by atoms with Crippen molar-refractivity contribution in [2.24, 2.45) is 0 Å². The van der Waals surface area contributed by atoms with Crippen LogP contribution >= 0.6 is 0 Å². The molecule has 1 aromatic carbocycles. The van der Waals surface area contributed by atoms with Crippen molar-refractivity contribution in [3.05, 3.63) is 41.5 Å². The molecule has 20 heavy (non-hydrogen) atoms. The highest BCUT2D eigenvalue weighted by molar-refractivity contribution is 7.89. The van der Waals surface area contributed by atoms with E-state index in [1.165, 1.54) is 4.31 Å². The number of likely N-dealkylation sites (N-methyl/N-ethyl adjacent to an activating group) is 1. The fourth-order valence-electron chi connectivity index (χ4n) is 1.90. The van der Waals surface area contributed by atoms with Gasteiger partial charge in [0.1, 0.15) is 0 Å². The molecule has 4 nitrogen and oxygen atoms in total. The van der Waals surface area contributed by atoms with Crippen molar-refractivity contribution in [1.82, 2.24) is 9.62 Å². The monoisotopic (exact) mass is 296 g/mol. The molecule has 0 fully saturated rings. The van der Waals surface area contributed by atoms with Gasteiger partial charge in [0.25, 0.3) is 0 Å². The van der Waals surface area contributed by atoms with E-state index in [1.807, 2.05) is 26.8 Å². The SMILES string of the molecule is C=C(C)CN(C)S(=O)(=O)c1ccc(C)c(CNCC)c1. The van der Waals surface area contributed by atoms with Crippen LogP contribution in [-0.2, 0) is 16.6 Å². The normalized spacial score (nSPS) is 11.8. The fourth-order valence-corrected chi connectivity index (χ4v) is 3.18. The molecule has 0 amide bonds. The van der Waals surface area contributed by atoms with Crippen molar-refractivity contribution in [1.29, 1.82) is 0 Å². The summed E-state index contributed by atoms with van der Waals surface area (Å²) in [5.74, 6) is 0. The van der Waals surface area contributed by atoms with Gasteiger partial charge < -0.3 is 5.32 Å². The van der Waals surface area contributed by atoms with Gasteiger partial charge in [-0.1, -0.05) is 25.1 Å². The zero-order chi connectivity index (χ0) is 15.3. The summed E-state index contributed by atoms with van der Waals surface area (Å²) in [5.41, 5.74) is 2.92. The van der Waals surface area contributed by atoms with Crippen LogP contribution in [0.3, 0.4) is 0 Å². The number of hydrogen-bond acceptors (Lipinski definition) is 3. The van der Waals surface area contributed by atoms with E-state index in [-0.39, 0.29) is 0 Å². The highest BCUT2D eigenvalue weighted by atomic mass is 32.2. The minimum Gasteiger partial charge on any atom is -0.313 e. The molecule has 1 aromatic rings. The fraction of sp³-hybridized carbons (Fsp3) is 0.467. The van der Waals surface area contributed by atoms with E-state index in [0.717, 1.165) is 23.2 Å². The van der Waals surface area contributed by atoms with Gasteiger partial charge in [-0.15, -0.1) is 0 Å². The number of nitrogens with one attached hydrogen (secondary N) is 1. The van der Waals surface area contributed by atoms with E-state index in [4.69, 9.17) is 0 Å². The molecule has 0 aliphatic heterocycles. The molecule has 112 valence electrons. The van der Waals surface area contributed by atoms with Gasteiger partial charge in [-0.2, -0.15) is 4.31 Å². The van der Waals surface area contributed by atoms with Crippen molar-refractivity contribution in [3.8, 4) is 0 Å². The van der Waals surface area contributed by atoms with E-state index in [2.05, 4.69) is 11.9 Å². The summed E-state index contributed by atoms with van der Waals surface area (Å²) in [6.07, 6.45) is 0. The van der Waals surface area contributed by atoms with Crippen LogP contribution in [0.2, 0.25) is 0 Å². The van der Waals surface area contributed by atoms with Crippen LogP contribution in [0.25, 0.3) is 0 Å². The quantitative estimate of drug-likeness (QED) is 0.786. The second kappa shape index (κ2) is 7.02. The molecule has 1 N–H and O–H groups in total. The minimum absolute atomic E-state index is 0.332. The number of nitrogens with zero attached hydrogens (tertiary/aromatic N) is 1. The summed E-state index contributed by atoms with van der Waals surface area (Å²) in [6, 6.07) is 5.27. The first kappa shape index (κ1) is 16.9. The van der Waals surface area contributed by atoms with Crippen LogP contribution in [0.5, 0.6) is 0 Å². The summed E-state index contributed by atoms with van der Waals surface area (Å²) < 4.78 is 26.3. The Labute approximate surface area is 122 Å². The van der Waals surface area contributed by atoms with Gasteiger partial charge in [0, 0.05) is 20.1 Å². The molecule has 0 saturated heterocycles. The molecule has 0 unspecified atom stereocenters. The van der Waals surface area contributed by atoms with Gasteiger partial charge in [0.2, 0.25) is 10.0 Å². The molecular weight excluding hydrogens is 272 g/mol. The molecule has 0 saturated carbocycles. The van der Waals surface area contributed by atoms with Crippen molar-refractivity contribution >= 4 is 10.0 Å². The molecule has 0 atom stereocenters. The Morgan fingerprint density at radius 1 is 1.40 bits per heavy atom. The Bertz CT molecular complexity index is 580. The highest BCUT2D eigenvalue weighted by Gasteiger charge is 2.21. The van der Waals surface area contributed by atoms with Gasteiger partial charge in [0.05, 0.1) is 4.90 Å². The minimum atomic E-state index is -3.45. The van der Waals surface area contributed by atoms with E-state index in [1.54, 1.807) is 19.2 Å². The Kier molecular flexibility index (Phi) is 5.92. The molecule has 0 bridgehead atoms. The first-order valence-electron chi connectivity index (χ1n) is 6.70. The number of benzene rings is 1. The summed E-state index contributed by atoms with van der Waals surface area (Å²) in [4.78, 5) is 0.333. The maximum absolute atomic E-state index is 12.5. The van der Waals surface area contributed by atoms with E-state index >= 15 is 0 Å². The van der Waals surface area contributed by atoms with Crippen molar-refractivity contribution in [2.45, 2.75) is 32.2 Å². The maximum atomic E-state index is 12.5. The van der Waals surface area contributed by atoms with Crippen molar-refractivity contribution in [2.75, 3.05) is 20.1 Å². The van der Waals surface area contributed by atoms with Gasteiger partial charge in [-0.3, -0.25) is 0 Å². The van der Waals surface area contributed by atoms with Gasteiger partial charge in [0.15, 0.2) is 0 Å². The van der Waals surface area contributed by atoms with E-state index in [9.17, 15) is 8.42 Å². The van der Waals surface area contributed by atoms with Crippen LogP contribution in [0.4, 0.5) is 0 Å². The van der Waals surface area contributed by atoms with Crippen molar-refractivity contribution in [3.63, 3.8) is 0 Å². The largest absolute Gasteiger partial charge is 0.313 e. The molecule has 1 rings (SSSR count). The maximum Gasteiger partial charge on any atom is 0.243 e. The predicted octanol–water partition coefficient (Wildman–Crippen LogP) is 2.30. The number of sulfonamides is 1. The van der Waals surface area contributed by atoms with E-state index in [0.29, 0.717) is 18.0 Å². The average molecular weight is 296 g/mol. The second-order valence-corrected chi connectivity index (χ2v) is 7.13. The molecule has 0 radical (unpaired) electrons. The lowest BCUT2D eigenvalue weighted by Crippen LogP contribution is -2.28. The van der Waals surface area contributed by atoms with Crippen LogP contribution in [0.1, 0.15) is 25.0 Å². The van der Waals surface area contributed by atoms with Crippen molar-refractivity contribution < 1.29 is 8.42 Å². The Morgan fingerprint density at radius 3 is 2.60 bits per heavy atom. The summed E-state index contributed by atoms with van der Waals surface area (Å²) in [5, 5.41) is 3.22. The number of hydrogen-bond donors (Lipinski definition) is 1. The Hall–Kier alpha value is -1.17. The van der Waals surface area contributed by atoms with Gasteiger partial charge in [-0.05, 0) is 43.7 Å². The summed E-state index contributed by atoms with van der Waals surface area (Å²) in [7, 11) is -1.88. The first-order valence-corrected chi connectivity index (χ1v) is 8.14. The first-order chi connectivity index (χ1) is 9.28. The third kappa shape index (κ3) is 4.16. The highest BCUT2D eigenvalue weighted by Crippen LogP contribution is 2.19. The Morgan fingerprint density at radius 2 is 2.05 bits per heavy atom. The van der Waals surface area contributed by atoms with E-state index < -0.39 is 10.0 Å². The van der Waals surface area contributed by atoms with Crippen LogP contribution in [0.15, 0.2) is 35.2 Å². The van der Waals surface area contributed by atoms with Crippen LogP contribution in [0, 0.1) is 6.92 Å². The smallest absolute Gasteiger partial charge is 0.243 e. The van der Waals surface area contributed by atoms with Crippen LogP contribution in [-0.4, -0.2) is 32.9 Å². The molecule has 5 heteroatoms. The van der Waals surface area contributed by atoms with Crippen LogP contribution < -0.4 is 5.32 Å².